The number of carbonyl (C=O) groups is 5. The van der Waals surface area contributed by atoms with Crippen molar-refractivity contribution in [1.82, 2.24) is 10.3 Å². The molecular weight excluding hydrogens is 520 g/mol. The van der Waals surface area contributed by atoms with Crippen molar-refractivity contribution in [3.63, 3.8) is 0 Å². The maximum atomic E-state index is 12.3. The maximum Gasteiger partial charge on any atom is 0.352 e. The molecule has 3 N–H and O–H groups in total. The predicted octanol–water partition coefficient (Wildman–Crippen LogP) is 1.58. The molecule has 0 aliphatic carbocycles. The Labute approximate surface area is 225 Å². The Kier molecular flexibility index (Phi) is 10.6. The normalized spacial score (nSPS) is 16.6. The second-order valence-electron chi connectivity index (χ2n) is 8.82. The van der Waals surface area contributed by atoms with E-state index in [9.17, 15) is 29.1 Å². The topological polar surface area (TPSA) is 170 Å². The largest absolute Gasteiger partial charge is 0.477 e. The van der Waals surface area contributed by atoms with Crippen molar-refractivity contribution in [1.29, 1.82) is 0 Å². The van der Waals surface area contributed by atoms with Crippen LogP contribution in [0.3, 0.4) is 0 Å². The van der Waals surface area contributed by atoms with Gasteiger partial charge in [0.15, 0.2) is 0 Å². The summed E-state index contributed by atoms with van der Waals surface area (Å²) in [7, 11) is 4.95. The molecule has 0 spiro atoms. The average molecular weight is 553 g/mol. The molecule has 1 aliphatic heterocycles. The van der Waals surface area contributed by atoms with Gasteiger partial charge in [-0.2, -0.15) is 0 Å². The molecule has 0 fully saturated rings. The average Bonchev–Trinajstić information content (AvgIpc) is 3.33. The molecule has 1 aromatic heterocycles. The lowest BCUT2D eigenvalue weighted by atomic mass is 9.83. The second kappa shape index (κ2) is 13.2. The number of methoxy groups -OCH3 is 4. The van der Waals surface area contributed by atoms with E-state index in [2.05, 4.69) is 10.3 Å². The molecule has 2 rings (SSSR count). The zero-order valence-corrected chi connectivity index (χ0v) is 22.8. The Balaban J connectivity index is 2.62. The van der Waals surface area contributed by atoms with Gasteiger partial charge in [-0.05, 0) is 42.0 Å². The fourth-order valence-corrected chi connectivity index (χ4v) is 4.95. The van der Waals surface area contributed by atoms with Gasteiger partial charge in [-0.1, -0.05) is 12.2 Å². The van der Waals surface area contributed by atoms with Gasteiger partial charge in [0.25, 0.3) is 0 Å². The fraction of sp³-hybridized carbons (Fsp3) is 0.520. The van der Waals surface area contributed by atoms with Gasteiger partial charge in [-0.3, -0.25) is 19.2 Å². The molecule has 0 radical (unpaired) electrons. The number of carboxylic acid groups (broad SMARTS) is 1. The van der Waals surface area contributed by atoms with Crippen molar-refractivity contribution in [3.05, 3.63) is 33.7 Å². The summed E-state index contributed by atoms with van der Waals surface area (Å²) in [6.45, 7) is 1.79. The molecule has 12 nitrogen and oxygen atoms in total. The Morgan fingerprint density at radius 3 is 1.87 bits per heavy atom. The van der Waals surface area contributed by atoms with Gasteiger partial charge in [0.05, 0.1) is 46.8 Å². The number of hydrogen-bond donors (Lipinski definition) is 3. The number of nitrogens with one attached hydrogen (secondary N) is 2. The minimum atomic E-state index is -1.29. The fourth-order valence-electron chi connectivity index (χ4n) is 4.50. The molecule has 0 amide bonds. The van der Waals surface area contributed by atoms with Crippen LogP contribution in [0.1, 0.15) is 59.9 Å². The van der Waals surface area contributed by atoms with Crippen LogP contribution in [0.25, 0.3) is 0 Å². The van der Waals surface area contributed by atoms with Crippen molar-refractivity contribution in [2.24, 2.45) is 0 Å². The number of ether oxygens (including phenoxy) is 4. The maximum absolute atomic E-state index is 12.3. The van der Waals surface area contributed by atoms with Gasteiger partial charge in [0.2, 0.25) is 0 Å². The van der Waals surface area contributed by atoms with Crippen LogP contribution in [0.15, 0.2) is 11.1 Å². The van der Waals surface area contributed by atoms with Gasteiger partial charge >= 0.3 is 29.8 Å². The lowest BCUT2D eigenvalue weighted by molar-refractivity contribution is -0.141. The van der Waals surface area contributed by atoms with Crippen LogP contribution in [0.5, 0.6) is 0 Å². The van der Waals surface area contributed by atoms with Crippen molar-refractivity contribution >= 4 is 47.1 Å². The first-order chi connectivity index (χ1) is 17.9. The monoisotopic (exact) mass is 552 g/mol. The summed E-state index contributed by atoms with van der Waals surface area (Å²) in [6.07, 6.45) is -0.0734. The van der Waals surface area contributed by atoms with Gasteiger partial charge in [-0.25, -0.2) is 4.79 Å². The van der Waals surface area contributed by atoms with Crippen molar-refractivity contribution in [2.45, 2.75) is 57.4 Å². The van der Waals surface area contributed by atoms with Gasteiger partial charge < -0.3 is 34.4 Å². The molecule has 1 aromatic rings. The van der Waals surface area contributed by atoms with Crippen LogP contribution >= 0.6 is 12.2 Å². The van der Waals surface area contributed by atoms with Crippen LogP contribution < -0.4 is 5.32 Å². The van der Waals surface area contributed by atoms with Crippen LogP contribution in [0.2, 0.25) is 0 Å². The molecule has 1 unspecified atom stereocenters. The third kappa shape index (κ3) is 7.18. The van der Waals surface area contributed by atoms with Gasteiger partial charge in [0.1, 0.15) is 10.7 Å². The van der Waals surface area contributed by atoms with E-state index in [0.29, 0.717) is 27.4 Å². The van der Waals surface area contributed by atoms with E-state index in [0.717, 1.165) is 0 Å². The molecule has 1 atom stereocenters. The van der Waals surface area contributed by atoms with Crippen LogP contribution in [0.4, 0.5) is 0 Å². The van der Waals surface area contributed by atoms with Gasteiger partial charge in [0, 0.05) is 25.0 Å². The summed E-state index contributed by atoms with van der Waals surface area (Å²) in [5.74, 6) is -3.43. The number of rotatable bonds is 13. The quantitative estimate of drug-likeness (QED) is 0.184. The first kappa shape index (κ1) is 30.5. The van der Waals surface area contributed by atoms with Crippen LogP contribution in [-0.2, 0) is 57.4 Å². The molecule has 0 saturated carbocycles. The van der Waals surface area contributed by atoms with Gasteiger partial charge in [-0.15, -0.1) is 0 Å². The Morgan fingerprint density at radius 1 is 0.816 bits per heavy atom. The zero-order valence-electron chi connectivity index (χ0n) is 22.0. The van der Waals surface area contributed by atoms with E-state index in [-0.39, 0.29) is 56.2 Å². The summed E-state index contributed by atoms with van der Waals surface area (Å²) >= 11 is 5.54. The first-order valence-corrected chi connectivity index (χ1v) is 12.1. The number of thiocarbonyl (C=S) groups is 1. The SMILES string of the molecule is COC(=O)CCC1=C(CC(=O)OC)C(C)(Cc2[nH]c(C(=O)O)c(CC(=O)OC)c2CCC(=O)OC)NC1=S. The third-order valence-corrected chi connectivity index (χ3v) is 6.80. The lowest BCUT2D eigenvalue weighted by Gasteiger charge is -2.29. The number of H-pyrrole nitrogens is 1. The number of aromatic nitrogens is 1. The summed E-state index contributed by atoms with van der Waals surface area (Å²) < 4.78 is 19.1. The highest BCUT2D eigenvalue weighted by molar-refractivity contribution is 7.80. The third-order valence-electron chi connectivity index (χ3n) is 6.46. The molecular formula is C25H32N2O10S. The number of aromatic amines is 1. The number of aromatic carboxylic acids is 1. The van der Waals surface area contributed by atoms with E-state index in [1.54, 1.807) is 6.92 Å². The Bertz CT molecular complexity index is 1170. The van der Waals surface area contributed by atoms with Crippen LogP contribution in [-0.4, -0.2) is 78.9 Å². The Morgan fingerprint density at radius 2 is 1.34 bits per heavy atom. The summed E-state index contributed by atoms with van der Waals surface area (Å²) in [5.41, 5.74) is 1.05. The number of carboxylic acids is 1. The minimum absolute atomic E-state index is 0.0354. The second-order valence-corrected chi connectivity index (χ2v) is 9.23. The summed E-state index contributed by atoms with van der Waals surface area (Å²) in [6, 6.07) is 0. The highest BCUT2D eigenvalue weighted by Crippen LogP contribution is 2.37. The van der Waals surface area contributed by atoms with E-state index in [4.69, 9.17) is 31.2 Å². The molecule has 208 valence electrons. The molecule has 0 bridgehead atoms. The highest BCUT2D eigenvalue weighted by atomic mass is 32.1. The molecule has 13 heteroatoms. The molecule has 0 aromatic carbocycles. The molecule has 1 aliphatic rings. The van der Waals surface area contributed by atoms with E-state index >= 15 is 0 Å². The van der Waals surface area contributed by atoms with Crippen molar-refractivity contribution < 1.29 is 48.0 Å². The standard InChI is InChI=1S/C25H32N2O10S/c1-25(16(11-21(31)37-5)14(23(38)27-25)7-9-19(29)35-3)12-17-13(6-8-18(28)34-2)15(10-20(30)36-4)22(26-17)24(32)33/h26H,6-12H2,1-5H3,(H,27,38)(H,32,33). The van der Waals surface area contributed by atoms with Crippen molar-refractivity contribution in [3.8, 4) is 0 Å². The zero-order chi connectivity index (χ0) is 28.6. The van der Waals surface area contributed by atoms with Crippen molar-refractivity contribution in [2.75, 3.05) is 28.4 Å². The lowest BCUT2D eigenvalue weighted by Crippen LogP contribution is -2.44. The number of hydrogen-bond acceptors (Lipinski definition) is 10. The number of esters is 4. The number of carbonyl (C=O) groups excluding carboxylic acids is 4. The summed E-state index contributed by atoms with van der Waals surface area (Å²) in [5, 5.41) is 13.1. The van der Waals surface area contributed by atoms with E-state index in [1.807, 2.05) is 0 Å². The molecule has 38 heavy (non-hydrogen) atoms. The predicted molar refractivity (Wildman–Crippen MR) is 137 cm³/mol. The summed E-state index contributed by atoms with van der Waals surface area (Å²) in [4.78, 5) is 63.5. The highest BCUT2D eigenvalue weighted by Gasteiger charge is 2.41. The minimum Gasteiger partial charge on any atom is -0.477 e. The molecule has 2 heterocycles. The Hall–Kier alpha value is -3.74. The van der Waals surface area contributed by atoms with Crippen LogP contribution in [0, 0.1) is 0 Å². The smallest absolute Gasteiger partial charge is 0.352 e. The van der Waals surface area contributed by atoms with E-state index in [1.165, 1.54) is 28.4 Å². The molecule has 0 saturated heterocycles. The van der Waals surface area contributed by atoms with E-state index < -0.39 is 35.4 Å². The first-order valence-electron chi connectivity index (χ1n) is 11.7.